The van der Waals surface area contributed by atoms with Crippen molar-refractivity contribution in [3.8, 4) is 0 Å². The minimum absolute atomic E-state index is 0.0212. The summed E-state index contributed by atoms with van der Waals surface area (Å²) in [6.45, 7) is 6.25. The lowest BCUT2D eigenvalue weighted by Gasteiger charge is -2.44. The van der Waals surface area contributed by atoms with Crippen LogP contribution in [0.5, 0.6) is 0 Å². The van der Waals surface area contributed by atoms with Crippen molar-refractivity contribution in [1.82, 2.24) is 14.5 Å². The van der Waals surface area contributed by atoms with E-state index in [4.69, 9.17) is 0 Å². The smallest absolute Gasteiger partial charge is 0.319 e. The van der Waals surface area contributed by atoms with Gasteiger partial charge in [0.25, 0.3) is 0 Å². The fraction of sp³-hybridized carbons (Fsp3) is 0.500. The van der Waals surface area contributed by atoms with Crippen molar-refractivity contribution < 1.29 is 26.4 Å². The molecule has 1 spiro atoms. The van der Waals surface area contributed by atoms with E-state index in [-0.39, 0.29) is 36.4 Å². The van der Waals surface area contributed by atoms with Crippen LogP contribution in [0.1, 0.15) is 49.8 Å². The monoisotopic (exact) mass is 523 g/mol. The molecule has 2 heterocycles. The zero-order valence-corrected chi connectivity index (χ0v) is 21.5. The first kappa shape index (κ1) is 26.6. The average molecular weight is 524 g/mol. The van der Waals surface area contributed by atoms with Crippen molar-refractivity contribution in [1.29, 1.82) is 0 Å². The maximum Gasteiger partial charge on any atom is 0.416 e. The highest BCUT2D eigenvalue weighted by Crippen LogP contribution is 2.38. The Morgan fingerprint density at radius 3 is 2.33 bits per heavy atom. The zero-order chi connectivity index (χ0) is 26.3. The third-order valence-electron chi connectivity index (χ3n) is 7.49. The molecule has 196 valence electrons. The summed E-state index contributed by atoms with van der Waals surface area (Å²) >= 11 is 0. The summed E-state index contributed by atoms with van der Waals surface area (Å²) < 4.78 is 67.7. The van der Waals surface area contributed by atoms with Gasteiger partial charge in [0, 0.05) is 19.6 Å². The minimum Gasteiger partial charge on any atom is -0.319 e. The summed E-state index contributed by atoms with van der Waals surface area (Å²) in [4.78, 5) is 15.4. The molecule has 2 fully saturated rings. The van der Waals surface area contributed by atoms with Gasteiger partial charge in [-0.05, 0) is 55.5 Å². The molecule has 6 nitrogen and oxygen atoms in total. The molecule has 2 saturated heterocycles. The van der Waals surface area contributed by atoms with Gasteiger partial charge in [0.1, 0.15) is 0 Å². The second-order valence-electron chi connectivity index (χ2n) is 9.88. The van der Waals surface area contributed by atoms with Crippen molar-refractivity contribution in [2.24, 2.45) is 5.92 Å². The molecule has 2 aromatic carbocycles. The second-order valence-corrected chi connectivity index (χ2v) is 11.8. The fourth-order valence-electron chi connectivity index (χ4n) is 5.06. The van der Waals surface area contributed by atoms with Crippen molar-refractivity contribution >= 4 is 15.9 Å². The van der Waals surface area contributed by atoms with Crippen LogP contribution in [0.2, 0.25) is 0 Å². The Balaban J connectivity index is 1.60. The molecule has 0 saturated carbocycles. The minimum atomic E-state index is -4.48. The van der Waals surface area contributed by atoms with Gasteiger partial charge in [-0.1, -0.05) is 50.1 Å². The van der Waals surface area contributed by atoms with Gasteiger partial charge in [-0.3, -0.25) is 10.1 Å². The predicted molar refractivity (Wildman–Crippen MR) is 130 cm³/mol. The number of hydrogen-bond acceptors (Lipinski definition) is 4. The third-order valence-corrected chi connectivity index (χ3v) is 9.40. The summed E-state index contributed by atoms with van der Waals surface area (Å²) in [5.74, 6) is -0.133. The van der Waals surface area contributed by atoms with Crippen LogP contribution >= 0.6 is 0 Å². The van der Waals surface area contributed by atoms with E-state index in [0.717, 1.165) is 24.1 Å². The Bertz CT molecular complexity index is 1210. The van der Waals surface area contributed by atoms with Crippen molar-refractivity contribution in [3.05, 3.63) is 65.2 Å². The number of alkyl halides is 3. The van der Waals surface area contributed by atoms with Crippen LogP contribution in [-0.4, -0.2) is 48.3 Å². The number of carbonyl (C=O) groups excluding carboxylic acids is 1. The summed E-state index contributed by atoms with van der Waals surface area (Å²) in [6, 6.07) is 11.2. The molecule has 4 rings (SSSR count). The van der Waals surface area contributed by atoms with Gasteiger partial charge in [0.05, 0.1) is 22.2 Å². The van der Waals surface area contributed by atoms with Crippen LogP contribution in [0.25, 0.3) is 0 Å². The normalized spacial score (nSPS) is 21.8. The number of sulfonamides is 1. The molecule has 0 bridgehead atoms. The topological polar surface area (TPSA) is 69.7 Å². The standard InChI is InChI=1S/C26H32F3N3O3S/c1-4-19(3)23-24(33)32(17-20-6-5-7-21(16-20)26(27,28)29)25(30-23)12-14-31(15-13-25)36(34,35)22-10-8-18(2)9-11-22/h5-11,16,19,23,30H,4,12-15,17H2,1-3H3/t19-,23-/m0/s1. The van der Waals surface area contributed by atoms with E-state index in [1.54, 1.807) is 35.2 Å². The summed E-state index contributed by atoms with van der Waals surface area (Å²) in [6.07, 6.45) is -3.04. The molecule has 0 aliphatic carbocycles. The number of halogens is 3. The first-order chi connectivity index (χ1) is 16.9. The predicted octanol–water partition coefficient (Wildman–Crippen LogP) is 4.54. The first-order valence-electron chi connectivity index (χ1n) is 12.2. The Morgan fingerprint density at radius 1 is 1.11 bits per heavy atom. The number of piperidine rings is 1. The number of benzene rings is 2. The Hall–Kier alpha value is -2.43. The van der Waals surface area contributed by atoms with Gasteiger partial charge < -0.3 is 4.90 Å². The first-order valence-corrected chi connectivity index (χ1v) is 13.6. The number of nitrogens with one attached hydrogen (secondary N) is 1. The van der Waals surface area contributed by atoms with Gasteiger partial charge >= 0.3 is 6.18 Å². The molecule has 1 amide bonds. The Labute approximate surface area is 210 Å². The SMILES string of the molecule is CC[C@H](C)[C@@H]1NC2(CCN(S(=O)(=O)c3ccc(C)cc3)CC2)N(Cc2cccc(C(F)(F)F)c2)C1=O. The molecule has 36 heavy (non-hydrogen) atoms. The molecule has 2 atom stereocenters. The number of rotatable bonds is 6. The van der Waals surface area contributed by atoms with Crippen LogP contribution in [0, 0.1) is 12.8 Å². The fourth-order valence-corrected chi connectivity index (χ4v) is 6.50. The molecular formula is C26H32F3N3O3S. The molecule has 2 aliphatic heterocycles. The van der Waals surface area contributed by atoms with Gasteiger partial charge in [0.2, 0.25) is 15.9 Å². The third kappa shape index (κ3) is 5.03. The van der Waals surface area contributed by atoms with Crippen LogP contribution < -0.4 is 5.32 Å². The largest absolute Gasteiger partial charge is 0.416 e. The van der Waals surface area contributed by atoms with E-state index in [0.29, 0.717) is 18.4 Å². The van der Waals surface area contributed by atoms with Crippen molar-refractivity contribution in [2.75, 3.05) is 13.1 Å². The van der Waals surface area contributed by atoms with Crippen LogP contribution in [0.4, 0.5) is 13.2 Å². The van der Waals surface area contributed by atoms with E-state index in [1.807, 2.05) is 20.8 Å². The number of nitrogens with zero attached hydrogens (tertiary/aromatic N) is 2. The molecule has 0 aromatic heterocycles. The highest BCUT2D eigenvalue weighted by molar-refractivity contribution is 7.89. The van der Waals surface area contributed by atoms with Crippen molar-refractivity contribution in [2.45, 2.75) is 69.4 Å². The Morgan fingerprint density at radius 2 is 1.75 bits per heavy atom. The summed E-state index contributed by atoms with van der Waals surface area (Å²) in [5.41, 5.74) is -0.231. The van der Waals surface area contributed by atoms with Crippen LogP contribution in [0.15, 0.2) is 53.4 Å². The Kier molecular flexibility index (Phi) is 7.24. The van der Waals surface area contributed by atoms with Gasteiger partial charge in [-0.2, -0.15) is 17.5 Å². The van der Waals surface area contributed by atoms with E-state index < -0.39 is 33.5 Å². The lowest BCUT2D eigenvalue weighted by atomic mass is 9.96. The molecule has 2 aliphatic rings. The molecule has 1 N–H and O–H groups in total. The number of hydrogen-bond donors (Lipinski definition) is 1. The number of aryl methyl sites for hydroxylation is 1. The summed E-state index contributed by atoms with van der Waals surface area (Å²) in [5, 5.41) is 3.47. The summed E-state index contributed by atoms with van der Waals surface area (Å²) in [7, 11) is -3.69. The zero-order valence-electron chi connectivity index (χ0n) is 20.7. The average Bonchev–Trinajstić information content (AvgIpc) is 3.10. The van der Waals surface area contributed by atoms with Gasteiger partial charge in [0.15, 0.2) is 0 Å². The van der Waals surface area contributed by atoms with Crippen LogP contribution in [0.3, 0.4) is 0 Å². The van der Waals surface area contributed by atoms with E-state index in [1.165, 1.54) is 10.4 Å². The van der Waals surface area contributed by atoms with Gasteiger partial charge in [-0.15, -0.1) is 0 Å². The highest BCUT2D eigenvalue weighted by atomic mass is 32.2. The van der Waals surface area contributed by atoms with E-state index in [2.05, 4.69) is 5.32 Å². The van der Waals surface area contributed by atoms with Crippen molar-refractivity contribution in [3.63, 3.8) is 0 Å². The number of amides is 1. The molecule has 0 radical (unpaired) electrons. The van der Waals surface area contributed by atoms with E-state index >= 15 is 0 Å². The van der Waals surface area contributed by atoms with E-state index in [9.17, 15) is 26.4 Å². The van der Waals surface area contributed by atoms with Crippen LogP contribution in [-0.2, 0) is 27.5 Å². The molecule has 0 unspecified atom stereocenters. The second kappa shape index (κ2) is 9.79. The lowest BCUT2D eigenvalue weighted by Crippen LogP contribution is -2.59. The maximum absolute atomic E-state index is 13.5. The lowest BCUT2D eigenvalue weighted by molar-refractivity contribution is -0.137. The number of carbonyl (C=O) groups is 1. The highest BCUT2D eigenvalue weighted by Gasteiger charge is 2.53. The molecule has 2 aromatic rings. The quantitative estimate of drug-likeness (QED) is 0.604. The van der Waals surface area contributed by atoms with Gasteiger partial charge in [-0.25, -0.2) is 8.42 Å². The molecular weight excluding hydrogens is 491 g/mol. The molecule has 10 heteroatoms. The maximum atomic E-state index is 13.5.